The standard InChI is InChI=1S/C44H32N2O/c45-44(30-11-2-1-3-12-30)46-40(32-21-25-41-39(27-32)37-18-8-14-29-15-9-19-42(47-41)43(29)37)24-23-35-34-17-7-5-13-31(34)26-38-33-16-6-4-10-28(33)20-22-36(35)38/h1-22,24-27,44,46H,23,45H2/b40-24-. The van der Waals surface area contributed by atoms with Gasteiger partial charge in [0.1, 0.15) is 17.7 Å². The molecule has 9 rings (SSSR count). The van der Waals surface area contributed by atoms with Gasteiger partial charge in [-0.2, -0.15) is 0 Å². The first kappa shape index (κ1) is 27.4. The molecule has 1 unspecified atom stereocenters. The van der Waals surface area contributed by atoms with Crippen LogP contribution in [0.2, 0.25) is 0 Å². The molecule has 3 heteroatoms. The van der Waals surface area contributed by atoms with Gasteiger partial charge in [0.05, 0.1) is 0 Å². The molecule has 224 valence electrons. The SMILES string of the molecule is NC(N/C(=C\Cc1c2ccccc2cc2c1ccc1ccccc12)c1ccc2c(c1)-c1cccc3cccc(c13)O2)c1ccccc1. The smallest absolute Gasteiger partial charge is 0.135 e. The number of allylic oxidation sites excluding steroid dienone is 1. The van der Waals surface area contributed by atoms with Crippen molar-refractivity contribution in [3.8, 4) is 22.6 Å². The molecule has 0 aliphatic carbocycles. The Kier molecular flexibility index (Phi) is 6.51. The Morgan fingerprint density at radius 1 is 0.574 bits per heavy atom. The normalized spacial score (nSPS) is 13.1. The Morgan fingerprint density at radius 3 is 2.19 bits per heavy atom. The van der Waals surface area contributed by atoms with Crippen molar-refractivity contribution in [3.63, 3.8) is 0 Å². The number of benzene rings is 8. The Labute approximate surface area is 273 Å². The first-order chi connectivity index (χ1) is 23.2. The van der Waals surface area contributed by atoms with Gasteiger partial charge in [0.15, 0.2) is 0 Å². The molecule has 1 atom stereocenters. The molecular formula is C44H32N2O. The molecule has 0 amide bonds. The summed E-state index contributed by atoms with van der Waals surface area (Å²) in [7, 11) is 0. The number of ether oxygens (including phenoxy) is 1. The molecule has 3 N–H and O–H groups in total. The molecule has 47 heavy (non-hydrogen) atoms. The van der Waals surface area contributed by atoms with Gasteiger partial charge in [-0.15, -0.1) is 0 Å². The molecular weight excluding hydrogens is 572 g/mol. The van der Waals surface area contributed by atoms with E-state index in [0.717, 1.165) is 45.7 Å². The molecule has 8 aromatic carbocycles. The van der Waals surface area contributed by atoms with Gasteiger partial charge in [0, 0.05) is 16.6 Å². The van der Waals surface area contributed by atoms with Crippen molar-refractivity contribution in [1.29, 1.82) is 0 Å². The summed E-state index contributed by atoms with van der Waals surface area (Å²) in [4.78, 5) is 0. The van der Waals surface area contributed by atoms with Crippen LogP contribution in [0.4, 0.5) is 0 Å². The lowest BCUT2D eigenvalue weighted by atomic mass is 9.91. The molecule has 1 heterocycles. The Hall–Kier alpha value is -5.90. The van der Waals surface area contributed by atoms with E-state index in [1.54, 1.807) is 0 Å². The van der Waals surface area contributed by atoms with Gasteiger partial charge in [-0.1, -0.05) is 127 Å². The first-order valence-corrected chi connectivity index (χ1v) is 16.1. The van der Waals surface area contributed by atoms with Crippen molar-refractivity contribution in [2.75, 3.05) is 0 Å². The Bertz CT molecular complexity index is 2510. The first-order valence-electron chi connectivity index (χ1n) is 16.1. The van der Waals surface area contributed by atoms with E-state index in [2.05, 4.69) is 139 Å². The summed E-state index contributed by atoms with van der Waals surface area (Å²) in [5.41, 5.74) is 13.5. The Morgan fingerprint density at radius 2 is 1.32 bits per heavy atom. The van der Waals surface area contributed by atoms with Gasteiger partial charge in [0.2, 0.25) is 0 Å². The van der Waals surface area contributed by atoms with Crippen LogP contribution in [0.5, 0.6) is 11.5 Å². The zero-order valence-electron chi connectivity index (χ0n) is 25.8. The van der Waals surface area contributed by atoms with Gasteiger partial charge in [-0.05, 0) is 96.7 Å². The molecule has 1 aliphatic rings. The van der Waals surface area contributed by atoms with Gasteiger partial charge >= 0.3 is 0 Å². The van der Waals surface area contributed by atoms with Crippen molar-refractivity contribution >= 4 is 48.8 Å². The highest BCUT2D eigenvalue weighted by molar-refractivity contribution is 6.14. The van der Waals surface area contributed by atoms with E-state index < -0.39 is 0 Å². The zero-order chi connectivity index (χ0) is 31.3. The average molecular weight is 605 g/mol. The lowest BCUT2D eigenvalue weighted by Gasteiger charge is -2.24. The molecule has 0 saturated heterocycles. The molecule has 0 spiro atoms. The fourth-order valence-corrected chi connectivity index (χ4v) is 7.24. The van der Waals surface area contributed by atoms with Crippen molar-refractivity contribution < 1.29 is 4.74 Å². The Balaban J connectivity index is 1.21. The van der Waals surface area contributed by atoms with Gasteiger partial charge < -0.3 is 15.8 Å². The second kappa shape index (κ2) is 11.2. The zero-order valence-corrected chi connectivity index (χ0v) is 25.8. The summed E-state index contributed by atoms with van der Waals surface area (Å²) in [5, 5.41) is 13.6. The molecule has 1 aliphatic heterocycles. The second-order valence-corrected chi connectivity index (χ2v) is 12.3. The molecule has 0 fully saturated rings. The van der Waals surface area contributed by atoms with E-state index in [-0.39, 0.29) is 6.17 Å². The number of rotatable bonds is 6. The fraction of sp³-hybridized carbons (Fsp3) is 0.0455. The van der Waals surface area contributed by atoms with E-state index in [0.29, 0.717) is 0 Å². The van der Waals surface area contributed by atoms with Crippen LogP contribution in [0.15, 0.2) is 158 Å². The van der Waals surface area contributed by atoms with Crippen molar-refractivity contribution in [2.24, 2.45) is 5.73 Å². The largest absolute Gasteiger partial charge is 0.456 e. The van der Waals surface area contributed by atoms with Crippen LogP contribution in [-0.2, 0) is 6.42 Å². The summed E-state index contributed by atoms with van der Waals surface area (Å²) < 4.78 is 6.43. The lowest BCUT2D eigenvalue weighted by Crippen LogP contribution is -2.27. The highest BCUT2D eigenvalue weighted by Crippen LogP contribution is 2.47. The van der Waals surface area contributed by atoms with Gasteiger partial charge in [0.25, 0.3) is 0 Å². The maximum atomic E-state index is 6.83. The van der Waals surface area contributed by atoms with E-state index in [9.17, 15) is 0 Å². The number of nitrogens with one attached hydrogen (secondary N) is 1. The summed E-state index contributed by atoms with van der Waals surface area (Å²) in [6.07, 6.45) is 2.65. The summed E-state index contributed by atoms with van der Waals surface area (Å²) >= 11 is 0. The minimum Gasteiger partial charge on any atom is -0.456 e. The molecule has 0 bridgehead atoms. The number of hydrogen-bond acceptors (Lipinski definition) is 3. The van der Waals surface area contributed by atoms with Crippen molar-refractivity contribution in [1.82, 2.24) is 5.32 Å². The van der Waals surface area contributed by atoms with Gasteiger partial charge in [-0.3, -0.25) is 0 Å². The van der Waals surface area contributed by atoms with E-state index >= 15 is 0 Å². The van der Waals surface area contributed by atoms with Crippen LogP contribution in [0.3, 0.4) is 0 Å². The van der Waals surface area contributed by atoms with Crippen LogP contribution in [0.1, 0.15) is 22.9 Å². The number of fused-ring (bicyclic) bond motifs is 6. The third-order valence-corrected chi connectivity index (χ3v) is 9.53. The van der Waals surface area contributed by atoms with Crippen molar-refractivity contribution in [2.45, 2.75) is 12.6 Å². The molecule has 8 aromatic rings. The lowest BCUT2D eigenvalue weighted by molar-refractivity contribution is 0.487. The number of nitrogens with two attached hydrogens (primary N) is 1. The quantitative estimate of drug-likeness (QED) is 0.113. The molecule has 0 radical (unpaired) electrons. The summed E-state index contributed by atoms with van der Waals surface area (Å²) in [6.45, 7) is 0. The second-order valence-electron chi connectivity index (χ2n) is 12.3. The van der Waals surface area contributed by atoms with E-state index in [4.69, 9.17) is 10.5 Å². The van der Waals surface area contributed by atoms with Crippen molar-refractivity contribution in [3.05, 3.63) is 174 Å². The summed E-state index contributed by atoms with van der Waals surface area (Å²) in [6, 6.07) is 53.6. The highest BCUT2D eigenvalue weighted by atomic mass is 16.5. The maximum Gasteiger partial charge on any atom is 0.135 e. The summed E-state index contributed by atoms with van der Waals surface area (Å²) in [5.74, 6) is 1.76. The average Bonchev–Trinajstić information content (AvgIpc) is 3.13. The van der Waals surface area contributed by atoms with E-state index in [1.165, 1.54) is 48.8 Å². The molecule has 0 aromatic heterocycles. The predicted octanol–water partition coefficient (Wildman–Crippen LogP) is 10.9. The minimum absolute atomic E-state index is 0.382. The topological polar surface area (TPSA) is 47.3 Å². The fourth-order valence-electron chi connectivity index (χ4n) is 7.24. The molecule has 0 saturated carbocycles. The predicted molar refractivity (Wildman–Crippen MR) is 197 cm³/mol. The maximum absolute atomic E-state index is 6.83. The van der Waals surface area contributed by atoms with Crippen LogP contribution in [0, 0.1) is 0 Å². The highest BCUT2D eigenvalue weighted by Gasteiger charge is 2.21. The van der Waals surface area contributed by atoms with Crippen LogP contribution in [-0.4, -0.2) is 0 Å². The van der Waals surface area contributed by atoms with Crippen LogP contribution in [0.25, 0.3) is 59.9 Å². The van der Waals surface area contributed by atoms with Crippen LogP contribution >= 0.6 is 0 Å². The number of hydrogen-bond donors (Lipinski definition) is 2. The third-order valence-electron chi connectivity index (χ3n) is 9.53. The third kappa shape index (κ3) is 4.72. The minimum atomic E-state index is -0.382. The van der Waals surface area contributed by atoms with E-state index in [1.807, 2.05) is 24.3 Å². The molecule has 3 nitrogen and oxygen atoms in total. The van der Waals surface area contributed by atoms with Gasteiger partial charge in [-0.25, -0.2) is 0 Å². The monoisotopic (exact) mass is 604 g/mol. The van der Waals surface area contributed by atoms with Crippen LogP contribution < -0.4 is 15.8 Å².